The summed E-state index contributed by atoms with van der Waals surface area (Å²) in [6.45, 7) is 1.58. The molecule has 2 amide bonds. The number of carbonyl (C=O) groups is 3. The van der Waals surface area contributed by atoms with Crippen LogP contribution in [0.1, 0.15) is 22.8 Å². The Morgan fingerprint density at radius 3 is 2.62 bits per heavy atom. The molecule has 0 aliphatic rings. The van der Waals surface area contributed by atoms with Crippen LogP contribution in [0, 0.1) is 0 Å². The van der Waals surface area contributed by atoms with Crippen LogP contribution in [-0.4, -0.2) is 52.9 Å². The third-order valence-corrected chi connectivity index (χ3v) is 2.66. The summed E-state index contributed by atoms with van der Waals surface area (Å²) < 4.78 is 0. The molecule has 0 bridgehead atoms. The zero-order chi connectivity index (χ0) is 16.0. The van der Waals surface area contributed by atoms with Crippen LogP contribution in [0.4, 0.5) is 0 Å². The van der Waals surface area contributed by atoms with Crippen molar-refractivity contribution in [3.05, 3.63) is 35.7 Å². The van der Waals surface area contributed by atoms with Crippen LogP contribution in [0.3, 0.4) is 0 Å². The molecule has 2 N–H and O–H groups in total. The fourth-order valence-electron chi connectivity index (χ4n) is 1.63. The first-order chi connectivity index (χ1) is 9.82. The van der Waals surface area contributed by atoms with Crippen molar-refractivity contribution in [2.24, 2.45) is 0 Å². The van der Waals surface area contributed by atoms with Gasteiger partial charge in [-0.1, -0.05) is 0 Å². The largest absolute Gasteiger partial charge is 0.478 e. The Kier molecular flexibility index (Phi) is 5.59. The maximum Gasteiger partial charge on any atom is 0.328 e. The number of carbonyl (C=O) groups excluding carboxylic acids is 2. The van der Waals surface area contributed by atoms with Crippen molar-refractivity contribution in [2.75, 3.05) is 14.1 Å². The quantitative estimate of drug-likeness (QED) is 0.764. The minimum absolute atomic E-state index is 0.236. The van der Waals surface area contributed by atoms with Crippen LogP contribution >= 0.6 is 0 Å². The molecule has 0 saturated heterocycles. The van der Waals surface area contributed by atoms with Gasteiger partial charge in [0.05, 0.1) is 0 Å². The first kappa shape index (κ1) is 16.4. The van der Waals surface area contributed by atoms with E-state index < -0.39 is 17.9 Å². The van der Waals surface area contributed by atoms with E-state index in [1.54, 1.807) is 21.0 Å². The molecule has 7 heteroatoms. The molecule has 1 aromatic rings. The predicted molar refractivity (Wildman–Crippen MR) is 76.5 cm³/mol. The van der Waals surface area contributed by atoms with E-state index in [2.05, 4.69) is 10.3 Å². The minimum Gasteiger partial charge on any atom is -0.478 e. The number of rotatable bonds is 5. The highest BCUT2D eigenvalue weighted by Crippen LogP contribution is 2.09. The average molecular weight is 291 g/mol. The second kappa shape index (κ2) is 7.18. The van der Waals surface area contributed by atoms with Crippen molar-refractivity contribution >= 4 is 23.9 Å². The van der Waals surface area contributed by atoms with Gasteiger partial charge in [0, 0.05) is 43.7 Å². The first-order valence-electron chi connectivity index (χ1n) is 6.20. The summed E-state index contributed by atoms with van der Waals surface area (Å²) >= 11 is 0. The topological polar surface area (TPSA) is 99.6 Å². The van der Waals surface area contributed by atoms with Crippen molar-refractivity contribution in [3.8, 4) is 0 Å². The van der Waals surface area contributed by atoms with Gasteiger partial charge in [-0.25, -0.2) is 4.79 Å². The van der Waals surface area contributed by atoms with Crippen LogP contribution in [0.2, 0.25) is 0 Å². The number of nitrogens with zero attached hydrogens (tertiary/aromatic N) is 2. The zero-order valence-corrected chi connectivity index (χ0v) is 12.0. The van der Waals surface area contributed by atoms with Gasteiger partial charge in [0.2, 0.25) is 5.91 Å². The molecule has 0 aliphatic heterocycles. The SMILES string of the molecule is CC(NC(=O)c1ccncc1C=CC(=O)O)C(=O)N(C)C. The van der Waals surface area contributed by atoms with Gasteiger partial charge in [0.15, 0.2) is 0 Å². The maximum absolute atomic E-state index is 12.2. The third-order valence-electron chi connectivity index (χ3n) is 2.66. The fourth-order valence-corrected chi connectivity index (χ4v) is 1.63. The summed E-state index contributed by atoms with van der Waals surface area (Å²) in [7, 11) is 3.19. The molecular formula is C14H17N3O4. The lowest BCUT2D eigenvalue weighted by Crippen LogP contribution is -2.44. The molecule has 7 nitrogen and oxygen atoms in total. The number of likely N-dealkylation sites (N-methyl/N-ethyl adjacent to an activating group) is 1. The van der Waals surface area contributed by atoms with Crippen molar-refractivity contribution in [1.82, 2.24) is 15.2 Å². The molecule has 1 heterocycles. The molecule has 1 aromatic heterocycles. The van der Waals surface area contributed by atoms with Gasteiger partial charge in [0.1, 0.15) is 6.04 Å². The summed E-state index contributed by atoms with van der Waals surface area (Å²) in [5, 5.41) is 11.2. The van der Waals surface area contributed by atoms with Gasteiger partial charge < -0.3 is 15.3 Å². The Bertz CT molecular complexity index is 581. The van der Waals surface area contributed by atoms with E-state index in [9.17, 15) is 14.4 Å². The molecule has 0 spiro atoms. The van der Waals surface area contributed by atoms with Crippen LogP contribution in [0.25, 0.3) is 6.08 Å². The Balaban J connectivity index is 2.93. The molecular weight excluding hydrogens is 274 g/mol. The van der Waals surface area contributed by atoms with Gasteiger partial charge in [-0.3, -0.25) is 14.6 Å². The third kappa shape index (κ3) is 4.72. The summed E-state index contributed by atoms with van der Waals surface area (Å²) in [4.78, 5) is 39.6. The van der Waals surface area contributed by atoms with Gasteiger partial charge in [-0.05, 0) is 19.1 Å². The number of pyridine rings is 1. The van der Waals surface area contributed by atoms with E-state index in [0.717, 1.165) is 6.08 Å². The van der Waals surface area contributed by atoms with Crippen molar-refractivity contribution in [3.63, 3.8) is 0 Å². The molecule has 1 atom stereocenters. The second-order valence-corrected chi connectivity index (χ2v) is 4.56. The van der Waals surface area contributed by atoms with Gasteiger partial charge >= 0.3 is 5.97 Å². The number of hydrogen-bond donors (Lipinski definition) is 2. The highest BCUT2D eigenvalue weighted by atomic mass is 16.4. The number of amides is 2. The van der Waals surface area contributed by atoms with E-state index >= 15 is 0 Å². The van der Waals surface area contributed by atoms with Crippen LogP contribution in [0.15, 0.2) is 24.5 Å². The van der Waals surface area contributed by atoms with E-state index in [-0.39, 0.29) is 11.5 Å². The first-order valence-corrected chi connectivity index (χ1v) is 6.20. The lowest BCUT2D eigenvalue weighted by Gasteiger charge is -2.18. The minimum atomic E-state index is -1.12. The van der Waals surface area contributed by atoms with Gasteiger partial charge in [-0.2, -0.15) is 0 Å². The van der Waals surface area contributed by atoms with Gasteiger partial charge in [-0.15, -0.1) is 0 Å². The van der Waals surface area contributed by atoms with E-state index in [1.807, 2.05) is 0 Å². The van der Waals surface area contributed by atoms with Crippen LogP contribution < -0.4 is 5.32 Å². The Morgan fingerprint density at radius 1 is 1.38 bits per heavy atom. The van der Waals surface area contributed by atoms with Crippen molar-refractivity contribution < 1.29 is 19.5 Å². The molecule has 0 radical (unpaired) electrons. The standard InChI is InChI=1S/C14H17N3O4/c1-9(14(21)17(2)3)16-13(20)11-6-7-15-8-10(11)4-5-12(18)19/h4-9H,1-3H3,(H,16,20)(H,18,19). The van der Waals surface area contributed by atoms with Crippen molar-refractivity contribution in [2.45, 2.75) is 13.0 Å². The number of carboxylic acid groups (broad SMARTS) is 1. The van der Waals surface area contributed by atoms with E-state index in [1.165, 1.54) is 29.4 Å². The monoisotopic (exact) mass is 291 g/mol. The number of aromatic nitrogens is 1. The molecule has 21 heavy (non-hydrogen) atoms. The van der Waals surface area contributed by atoms with Crippen LogP contribution in [0.5, 0.6) is 0 Å². The fraction of sp³-hybridized carbons (Fsp3) is 0.286. The van der Waals surface area contributed by atoms with Crippen molar-refractivity contribution in [1.29, 1.82) is 0 Å². The summed E-state index contributed by atoms with van der Waals surface area (Å²) in [5.41, 5.74) is 0.614. The molecule has 0 aromatic carbocycles. The zero-order valence-electron chi connectivity index (χ0n) is 12.0. The average Bonchev–Trinajstić information content (AvgIpc) is 2.44. The van der Waals surface area contributed by atoms with Crippen LogP contribution in [-0.2, 0) is 9.59 Å². The van der Waals surface area contributed by atoms with E-state index in [0.29, 0.717) is 5.56 Å². The highest BCUT2D eigenvalue weighted by molar-refractivity contribution is 6.00. The molecule has 112 valence electrons. The smallest absolute Gasteiger partial charge is 0.328 e. The molecule has 0 fully saturated rings. The number of nitrogens with one attached hydrogen (secondary N) is 1. The number of aliphatic carboxylic acids is 1. The second-order valence-electron chi connectivity index (χ2n) is 4.56. The highest BCUT2D eigenvalue weighted by Gasteiger charge is 2.19. The predicted octanol–water partition coefficient (Wildman–Crippen LogP) is 0.386. The molecule has 1 unspecified atom stereocenters. The number of carboxylic acids is 1. The molecule has 1 rings (SSSR count). The summed E-state index contributed by atoms with van der Waals surface area (Å²) in [6, 6.07) is 0.779. The van der Waals surface area contributed by atoms with Gasteiger partial charge in [0.25, 0.3) is 5.91 Å². The maximum atomic E-state index is 12.2. The summed E-state index contributed by atoms with van der Waals surface area (Å²) in [5.74, 6) is -1.83. The lowest BCUT2D eigenvalue weighted by atomic mass is 10.1. The molecule has 0 aliphatic carbocycles. The normalized spacial score (nSPS) is 12.0. The Hall–Kier alpha value is -2.70. The molecule has 0 saturated carbocycles. The number of hydrogen-bond acceptors (Lipinski definition) is 4. The summed E-state index contributed by atoms with van der Waals surface area (Å²) in [6.07, 6.45) is 5.00. The lowest BCUT2D eigenvalue weighted by molar-refractivity contribution is -0.131. The Morgan fingerprint density at radius 2 is 2.05 bits per heavy atom. The Labute approximate surface area is 122 Å². The van der Waals surface area contributed by atoms with E-state index in [4.69, 9.17) is 5.11 Å².